The zero-order chi connectivity index (χ0) is 17.0. The number of nitrogens with two attached hydrogens (primary N) is 1. The topological polar surface area (TPSA) is 110 Å². The van der Waals surface area contributed by atoms with E-state index in [9.17, 15) is 14.7 Å². The summed E-state index contributed by atoms with van der Waals surface area (Å²) in [5, 5.41) is 16.7. The van der Waals surface area contributed by atoms with Gasteiger partial charge < -0.3 is 16.2 Å². The number of aliphatic hydroxyl groups excluding tert-OH is 1. The van der Waals surface area contributed by atoms with Gasteiger partial charge in [0.2, 0.25) is 5.91 Å². The number of nitrogens with zero attached hydrogens (tertiary/aromatic N) is 2. The summed E-state index contributed by atoms with van der Waals surface area (Å²) in [6.07, 6.45) is 0.319. The molecule has 0 fully saturated rings. The summed E-state index contributed by atoms with van der Waals surface area (Å²) < 4.78 is 1.86. The first-order valence-electron chi connectivity index (χ1n) is 6.89. The lowest BCUT2D eigenvalue weighted by Gasteiger charge is -2.22. The standard InChI is InChI=1S/C15H17BrN4O3/c1-20-8-10(13(16)19-20)15(23)18-11(12(21)14(17)22)7-9-5-3-2-4-6-9/h2-6,8,11-12,21H,7H2,1H3,(H2,17,22)(H,18,23)/t11-,12?/m0/s1. The summed E-state index contributed by atoms with van der Waals surface area (Å²) >= 11 is 3.19. The molecule has 1 aromatic heterocycles. The molecule has 8 heteroatoms. The van der Waals surface area contributed by atoms with Gasteiger partial charge >= 0.3 is 0 Å². The molecule has 0 radical (unpaired) electrons. The van der Waals surface area contributed by atoms with Crippen molar-refractivity contribution in [3.8, 4) is 0 Å². The zero-order valence-corrected chi connectivity index (χ0v) is 14.0. The van der Waals surface area contributed by atoms with E-state index in [2.05, 4.69) is 26.3 Å². The summed E-state index contributed by atoms with van der Waals surface area (Å²) in [5.74, 6) is -1.34. The summed E-state index contributed by atoms with van der Waals surface area (Å²) in [6.45, 7) is 0. The maximum Gasteiger partial charge on any atom is 0.255 e. The Labute approximate surface area is 141 Å². The molecule has 1 unspecified atom stereocenters. The van der Waals surface area contributed by atoms with Gasteiger partial charge in [0.15, 0.2) is 6.10 Å². The van der Waals surface area contributed by atoms with E-state index in [0.717, 1.165) is 5.56 Å². The van der Waals surface area contributed by atoms with Gasteiger partial charge in [0.05, 0.1) is 11.6 Å². The van der Waals surface area contributed by atoms with Gasteiger partial charge in [-0.1, -0.05) is 30.3 Å². The number of benzene rings is 1. The van der Waals surface area contributed by atoms with Gasteiger partial charge in [0.1, 0.15) is 4.60 Å². The molecule has 0 aliphatic heterocycles. The number of aromatic nitrogens is 2. The number of aliphatic hydroxyl groups is 1. The van der Waals surface area contributed by atoms with E-state index >= 15 is 0 Å². The van der Waals surface area contributed by atoms with Crippen LogP contribution in [0.4, 0.5) is 0 Å². The van der Waals surface area contributed by atoms with Crippen LogP contribution >= 0.6 is 15.9 Å². The molecule has 2 aromatic rings. The quantitative estimate of drug-likeness (QED) is 0.672. The van der Waals surface area contributed by atoms with Gasteiger partial charge in [-0.05, 0) is 27.9 Å². The largest absolute Gasteiger partial charge is 0.381 e. The molecule has 0 aliphatic carbocycles. The van der Waals surface area contributed by atoms with Crippen molar-refractivity contribution in [2.24, 2.45) is 12.8 Å². The van der Waals surface area contributed by atoms with Gasteiger partial charge in [-0.3, -0.25) is 14.3 Å². The van der Waals surface area contributed by atoms with E-state index in [1.54, 1.807) is 7.05 Å². The van der Waals surface area contributed by atoms with Gasteiger partial charge in [-0.2, -0.15) is 5.10 Å². The first kappa shape index (κ1) is 17.2. The fourth-order valence-corrected chi connectivity index (χ4v) is 2.70. The number of amides is 2. The Morgan fingerprint density at radius 2 is 2.04 bits per heavy atom. The van der Waals surface area contributed by atoms with Crippen LogP contribution in [0.2, 0.25) is 0 Å². The van der Waals surface area contributed by atoms with Crippen LogP contribution in [0, 0.1) is 0 Å². The molecule has 2 atom stereocenters. The van der Waals surface area contributed by atoms with Gasteiger partial charge in [-0.15, -0.1) is 0 Å². The Balaban J connectivity index is 2.18. The fraction of sp³-hybridized carbons (Fsp3) is 0.267. The highest BCUT2D eigenvalue weighted by molar-refractivity contribution is 9.10. The second-order valence-electron chi connectivity index (χ2n) is 5.12. The third kappa shape index (κ3) is 4.40. The third-order valence-corrected chi connectivity index (χ3v) is 3.90. The summed E-state index contributed by atoms with van der Waals surface area (Å²) in [5.41, 5.74) is 6.34. The molecule has 2 rings (SSSR count). The van der Waals surface area contributed by atoms with E-state index in [-0.39, 0.29) is 6.42 Å². The fourth-order valence-electron chi connectivity index (χ4n) is 2.17. The molecular weight excluding hydrogens is 364 g/mol. The minimum absolute atomic E-state index is 0.272. The molecule has 0 saturated heterocycles. The minimum atomic E-state index is -1.49. The molecule has 0 saturated carbocycles. The Kier molecular flexibility index (Phi) is 5.51. The van der Waals surface area contributed by atoms with Crippen molar-refractivity contribution in [3.63, 3.8) is 0 Å². The lowest BCUT2D eigenvalue weighted by atomic mass is 10.0. The maximum atomic E-state index is 12.3. The molecule has 4 N–H and O–H groups in total. The normalized spacial score (nSPS) is 13.3. The second kappa shape index (κ2) is 7.38. The van der Waals surface area contributed by atoms with Gasteiger partial charge in [0, 0.05) is 13.2 Å². The lowest BCUT2D eigenvalue weighted by Crippen LogP contribution is -2.50. The predicted molar refractivity (Wildman–Crippen MR) is 87.5 cm³/mol. The number of primary amides is 1. The van der Waals surface area contributed by atoms with E-state index in [1.807, 2.05) is 30.3 Å². The monoisotopic (exact) mass is 380 g/mol. The van der Waals surface area contributed by atoms with Crippen molar-refractivity contribution in [2.75, 3.05) is 0 Å². The molecule has 0 aliphatic rings. The first-order valence-corrected chi connectivity index (χ1v) is 7.69. The van der Waals surface area contributed by atoms with E-state index in [4.69, 9.17) is 5.73 Å². The van der Waals surface area contributed by atoms with Gasteiger partial charge in [-0.25, -0.2) is 0 Å². The Morgan fingerprint density at radius 3 is 2.57 bits per heavy atom. The number of hydrogen-bond acceptors (Lipinski definition) is 4. The number of carbonyl (C=O) groups excluding carboxylic acids is 2. The predicted octanol–water partition coefficient (Wildman–Crippen LogP) is 0.370. The zero-order valence-electron chi connectivity index (χ0n) is 12.4. The van der Waals surface area contributed by atoms with Crippen LogP contribution in [0.3, 0.4) is 0 Å². The van der Waals surface area contributed by atoms with Gasteiger partial charge in [0.25, 0.3) is 5.91 Å². The Morgan fingerprint density at radius 1 is 1.39 bits per heavy atom. The van der Waals surface area contributed by atoms with Crippen molar-refractivity contribution in [1.82, 2.24) is 15.1 Å². The average Bonchev–Trinajstić information content (AvgIpc) is 2.85. The second-order valence-corrected chi connectivity index (χ2v) is 5.88. The lowest BCUT2D eigenvalue weighted by molar-refractivity contribution is -0.127. The molecule has 122 valence electrons. The third-order valence-electron chi connectivity index (χ3n) is 3.32. The van der Waals surface area contributed by atoms with E-state index < -0.39 is 24.0 Å². The number of aryl methyl sites for hydroxylation is 1. The summed E-state index contributed by atoms with van der Waals surface area (Å²) in [7, 11) is 1.68. The van der Waals surface area contributed by atoms with Crippen molar-refractivity contribution in [3.05, 3.63) is 52.3 Å². The molecule has 1 aromatic carbocycles. The number of nitrogens with one attached hydrogen (secondary N) is 1. The van der Waals surface area contributed by atoms with Crippen LogP contribution in [0.5, 0.6) is 0 Å². The first-order chi connectivity index (χ1) is 10.9. The minimum Gasteiger partial charge on any atom is -0.381 e. The molecule has 7 nitrogen and oxygen atoms in total. The van der Waals surface area contributed by atoms with E-state index in [1.165, 1.54) is 10.9 Å². The van der Waals surface area contributed by atoms with Crippen molar-refractivity contribution >= 4 is 27.7 Å². The van der Waals surface area contributed by atoms with Crippen LogP contribution in [0.1, 0.15) is 15.9 Å². The van der Waals surface area contributed by atoms with Crippen LogP contribution in [0.25, 0.3) is 0 Å². The average molecular weight is 381 g/mol. The Bertz CT molecular complexity index is 702. The summed E-state index contributed by atoms with van der Waals surface area (Å²) in [4.78, 5) is 23.7. The highest BCUT2D eigenvalue weighted by Crippen LogP contribution is 2.14. The highest BCUT2D eigenvalue weighted by Gasteiger charge is 2.27. The van der Waals surface area contributed by atoms with Crippen LogP contribution < -0.4 is 11.1 Å². The number of halogens is 1. The Hall–Kier alpha value is -2.19. The number of carbonyl (C=O) groups is 2. The number of hydrogen-bond donors (Lipinski definition) is 3. The highest BCUT2D eigenvalue weighted by atomic mass is 79.9. The summed E-state index contributed by atoms with van der Waals surface area (Å²) in [6, 6.07) is 8.37. The maximum absolute atomic E-state index is 12.3. The van der Waals surface area contributed by atoms with Crippen molar-refractivity contribution < 1.29 is 14.7 Å². The van der Waals surface area contributed by atoms with Crippen LogP contribution in [0.15, 0.2) is 41.1 Å². The SMILES string of the molecule is Cn1cc(C(=O)N[C@@H](Cc2ccccc2)C(O)C(N)=O)c(Br)n1. The van der Waals surface area contributed by atoms with Crippen molar-refractivity contribution in [2.45, 2.75) is 18.6 Å². The molecule has 0 spiro atoms. The molecular formula is C15H17BrN4O3. The van der Waals surface area contributed by atoms with Crippen LogP contribution in [-0.2, 0) is 18.3 Å². The smallest absolute Gasteiger partial charge is 0.255 e. The molecule has 0 bridgehead atoms. The molecule has 23 heavy (non-hydrogen) atoms. The molecule has 2 amide bonds. The van der Waals surface area contributed by atoms with Crippen molar-refractivity contribution in [1.29, 1.82) is 0 Å². The number of rotatable bonds is 6. The van der Waals surface area contributed by atoms with E-state index in [0.29, 0.717) is 10.2 Å². The molecule has 1 heterocycles. The van der Waals surface area contributed by atoms with Crippen LogP contribution in [-0.4, -0.2) is 38.8 Å².